The Labute approximate surface area is 143 Å². The highest BCUT2D eigenvalue weighted by Gasteiger charge is 1.97. The molecule has 0 amide bonds. The van der Waals surface area contributed by atoms with Crippen LogP contribution in [0.15, 0.2) is 34.2 Å². The van der Waals surface area contributed by atoms with Crippen LogP contribution >= 0.6 is 35.7 Å². The van der Waals surface area contributed by atoms with E-state index in [2.05, 4.69) is 53.1 Å². The van der Waals surface area contributed by atoms with E-state index < -0.39 is 0 Å². The van der Waals surface area contributed by atoms with Gasteiger partial charge in [0.2, 0.25) is 0 Å². The normalized spacial score (nSPS) is 10.8. The molecule has 1 rings (SSSR count). The number of hydrogen-bond acceptors (Lipinski definition) is 3. The second-order valence-corrected chi connectivity index (χ2v) is 4.84. The molecule has 0 atom stereocenters. The first-order chi connectivity index (χ1) is 9.30. The molecule has 0 heterocycles. The number of nitrogens with zero attached hydrogens (tertiary/aromatic N) is 1. The number of thioether (sulfide) groups is 1. The van der Waals surface area contributed by atoms with Gasteiger partial charge in [-0.15, -0.1) is 35.7 Å². The number of halogens is 1. The van der Waals surface area contributed by atoms with Crippen LogP contribution in [0.4, 0.5) is 0 Å². The van der Waals surface area contributed by atoms with Crippen molar-refractivity contribution < 1.29 is 4.74 Å². The zero-order valence-electron chi connectivity index (χ0n) is 12.3. The molecule has 0 bridgehead atoms. The summed E-state index contributed by atoms with van der Waals surface area (Å²) in [6, 6.07) is 8.49. The van der Waals surface area contributed by atoms with Crippen molar-refractivity contribution in [2.75, 3.05) is 33.1 Å². The molecular weight excluding hydrogens is 385 g/mol. The van der Waals surface area contributed by atoms with Crippen LogP contribution in [-0.2, 0) is 11.3 Å². The maximum Gasteiger partial charge on any atom is 0.191 e. The number of guanidine groups is 1. The molecule has 6 heteroatoms. The van der Waals surface area contributed by atoms with Crippen LogP contribution in [0.3, 0.4) is 0 Å². The summed E-state index contributed by atoms with van der Waals surface area (Å²) in [7, 11) is 1.69. The van der Waals surface area contributed by atoms with Crippen LogP contribution in [0.1, 0.15) is 12.5 Å². The van der Waals surface area contributed by atoms with E-state index in [9.17, 15) is 0 Å². The Morgan fingerprint density at radius 1 is 1.25 bits per heavy atom. The van der Waals surface area contributed by atoms with Crippen molar-refractivity contribution in [1.82, 2.24) is 10.6 Å². The molecule has 2 N–H and O–H groups in total. The first-order valence-electron chi connectivity index (χ1n) is 6.44. The lowest BCUT2D eigenvalue weighted by Gasteiger charge is -2.10. The molecule has 114 valence electrons. The molecule has 0 aliphatic carbocycles. The molecular formula is C14H24IN3OS. The quantitative estimate of drug-likeness (QED) is 0.239. The fourth-order valence-corrected chi connectivity index (χ4v) is 1.92. The highest BCUT2D eigenvalue weighted by molar-refractivity contribution is 14.0. The van der Waals surface area contributed by atoms with Crippen molar-refractivity contribution in [2.24, 2.45) is 4.99 Å². The number of methoxy groups -OCH3 is 1. The standard InChI is InChI=1S/C14H23N3OS.HI/c1-4-15-14(16-9-10-18-2)17-11-12-5-7-13(19-3)8-6-12;/h5-8H,4,9-11H2,1-3H3,(H2,15,16,17);1H. The number of aliphatic imine (C=N–C) groups is 1. The number of benzene rings is 1. The summed E-state index contributed by atoms with van der Waals surface area (Å²) >= 11 is 1.75. The van der Waals surface area contributed by atoms with Gasteiger partial charge in [-0.1, -0.05) is 12.1 Å². The van der Waals surface area contributed by atoms with E-state index in [1.165, 1.54) is 10.5 Å². The minimum atomic E-state index is 0. The number of rotatable bonds is 7. The molecule has 0 saturated carbocycles. The van der Waals surface area contributed by atoms with Crippen molar-refractivity contribution in [1.29, 1.82) is 0 Å². The van der Waals surface area contributed by atoms with Crippen molar-refractivity contribution >= 4 is 41.7 Å². The Morgan fingerprint density at radius 3 is 2.50 bits per heavy atom. The third kappa shape index (κ3) is 7.96. The molecule has 0 radical (unpaired) electrons. The predicted molar refractivity (Wildman–Crippen MR) is 98.3 cm³/mol. The zero-order valence-corrected chi connectivity index (χ0v) is 15.5. The predicted octanol–water partition coefficient (Wildman–Crippen LogP) is 2.73. The monoisotopic (exact) mass is 409 g/mol. The maximum atomic E-state index is 5.01. The van der Waals surface area contributed by atoms with E-state index in [0.717, 1.165) is 19.0 Å². The average molecular weight is 409 g/mol. The SMILES string of the molecule is CCNC(=NCc1ccc(SC)cc1)NCCOC.I. The van der Waals surface area contributed by atoms with Crippen LogP contribution in [0.2, 0.25) is 0 Å². The molecule has 0 aromatic heterocycles. The van der Waals surface area contributed by atoms with Crippen LogP contribution in [0.5, 0.6) is 0 Å². The van der Waals surface area contributed by atoms with E-state index >= 15 is 0 Å². The summed E-state index contributed by atoms with van der Waals surface area (Å²) in [5, 5.41) is 6.44. The Balaban J connectivity index is 0.00000361. The highest BCUT2D eigenvalue weighted by atomic mass is 127. The van der Waals surface area contributed by atoms with E-state index in [4.69, 9.17) is 4.74 Å². The number of hydrogen-bond donors (Lipinski definition) is 2. The van der Waals surface area contributed by atoms with Crippen molar-refractivity contribution in [3.8, 4) is 0 Å². The Bertz CT molecular complexity index is 385. The summed E-state index contributed by atoms with van der Waals surface area (Å²) < 4.78 is 5.01. The zero-order chi connectivity index (χ0) is 13.9. The smallest absolute Gasteiger partial charge is 0.191 e. The Hall–Kier alpha value is -0.470. The van der Waals surface area contributed by atoms with Crippen molar-refractivity contribution in [3.05, 3.63) is 29.8 Å². The summed E-state index contributed by atoms with van der Waals surface area (Å²) in [5.41, 5.74) is 1.21. The molecule has 1 aromatic rings. The van der Waals surface area contributed by atoms with Gasteiger partial charge in [0.15, 0.2) is 5.96 Å². The summed E-state index contributed by atoms with van der Waals surface area (Å²) in [6.07, 6.45) is 2.08. The molecule has 0 aliphatic heterocycles. The second kappa shape index (κ2) is 12.3. The maximum absolute atomic E-state index is 5.01. The molecule has 1 aromatic carbocycles. The van der Waals surface area contributed by atoms with Gasteiger partial charge < -0.3 is 15.4 Å². The molecule has 20 heavy (non-hydrogen) atoms. The van der Waals surface area contributed by atoms with Gasteiger partial charge >= 0.3 is 0 Å². The van der Waals surface area contributed by atoms with Gasteiger partial charge in [0, 0.05) is 25.1 Å². The van der Waals surface area contributed by atoms with E-state index in [1.54, 1.807) is 18.9 Å². The Morgan fingerprint density at radius 2 is 1.95 bits per heavy atom. The molecule has 0 fully saturated rings. The lowest BCUT2D eigenvalue weighted by Crippen LogP contribution is -2.38. The van der Waals surface area contributed by atoms with Crippen LogP contribution in [0.25, 0.3) is 0 Å². The first kappa shape index (κ1) is 19.5. The van der Waals surface area contributed by atoms with Gasteiger partial charge in [-0.2, -0.15) is 0 Å². The summed E-state index contributed by atoms with van der Waals surface area (Å²) in [5.74, 6) is 0.827. The van der Waals surface area contributed by atoms with Crippen molar-refractivity contribution in [3.63, 3.8) is 0 Å². The molecule has 0 saturated heterocycles. The largest absolute Gasteiger partial charge is 0.383 e. The van der Waals surface area contributed by atoms with Crippen LogP contribution in [-0.4, -0.2) is 39.0 Å². The molecule has 4 nitrogen and oxygen atoms in total. The van der Waals surface area contributed by atoms with Gasteiger partial charge in [0.1, 0.15) is 0 Å². The molecule has 0 spiro atoms. The summed E-state index contributed by atoms with van der Waals surface area (Å²) in [6.45, 7) is 5.02. The lowest BCUT2D eigenvalue weighted by atomic mass is 10.2. The second-order valence-electron chi connectivity index (χ2n) is 3.96. The first-order valence-corrected chi connectivity index (χ1v) is 7.66. The van der Waals surface area contributed by atoms with Gasteiger partial charge in [-0.05, 0) is 30.9 Å². The highest BCUT2D eigenvalue weighted by Crippen LogP contribution is 2.15. The van der Waals surface area contributed by atoms with Crippen molar-refractivity contribution in [2.45, 2.75) is 18.4 Å². The van der Waals surface area contributed by atoms with Gasteiger partial charge in [0.25, 0.3) is 0 Å². The van der Waals surface area contributed by atoms with E-state index in [0.29, 0.717) is 13.2 Å². The van der Waals surface area contributed by atoms with Gasteiger partial charge in [-0.3, -0.25) is 0 Å². The van der Waals surface area contributed by atoms with Crippen LogP contribution < -0.4 is 10.6 Å². The fourth-order valence-electron chi connectivity index (χ4n) is 1.51. The topological polar surface area (TPSA) is 45.7 Å². The molecule has 0 aliphatic rings. The minimum Gasteiger partial charge on any atom is -0.383 e. The third-order valence-electron chi connectivity index (χ3n) is 2.52. The van der Waals surface area contributed by atoms with Gasteiger partial charge in [-0.25, -0.2) is 4.99 Å². The van der Waals surface area contributed by atoms with E-state index in [1.807, 2.05) is 0 Å². The third-order valence-corrected chi connectivity index (χ3v) is 3.27. The minimum absolute atomic E-state index is 0. The lowest BCUT2D eigenvalue weighted by molar-refractivity contribution is 0.203. The average Bonchev–Trinajstić information content (AvgIpc) is 2.45. The van der Waals surface area contributed by atoms with E-state index in [-0.39, 0.29) is 24.0 Å². The number of ether oxygens (including phenoxy) is 1. The van der Waals surface area contributed by atoms with Crippen LogP contribution in [0, 0.1) is 0 Å². The molecule has 0 unspecified atom stereocenters. The summed E-state index contributed by atoms with van der Waals surface area (Å²) in [4.78, 5) is 5.82. The van der Waals surface area contributed by atoms with Gasteiger partial charge in [0.05, 0.1) is 13.2 Å². The Kier molecular flexibility index (Phi) is 12.0. The number of nitrogens with one attached hydrogen (secondary N) is 2. The fraction of sp³-hybridized carbons (Fsp3) is 0.500.